The van der Waals surface area contributed by atoms with Crippen molar-refractivity contribution in [3.05, 3.63) is 0 Å². The second-order valence-corrected chi connectivity index (χ2v) is 4.80. The molecule has 1 N–H and O–H groups in total. The quantitative estimate of drug-likeness (QED) is 0.721. The van der Waals surface area contributed by atoms with E-state index in [1.165, 1.54) is 13.0 Å². The lowest BCUT2D eigenvalue weighted by Crippen LogP contribution is -2.53. The first-order valence-electron chi connectivity index (χ1n) is 5.67. The molecule has 0 saturated carbocycles. The molecule has 1 aliphatic heterocycles. The van der Waals surface area contributed by atoms with Gasteiger partial charge in [0, 0.05) is 25.7 Å². The smallest absolute Gasteiger partial charge is 0.0599 e. The van der Waals surface area contributed by atoms with Crippen LogP contribution in [0.1, 0.15) is 20.3 Å². The molecule has 1 fully saturated rings. The summed E-state index contributed by atoms with van der Waals surface area (Å²) in [6, 6.07) is 0.343. The van der Waals surface area contributed by atoms with Gasteiger partial charge < -0.3 is 10.0 Å². The summed E-state index contributed by atoms with van der Waals surface area (Å²) in [6.07, 6.45) is 1.27. The van der Waals surface area contributed by atoms with Gasteiger partial charge in [-0.1, -0.05) is 13.8 Å². The normalized spacial score (nSPS) is 25.9. The Morgan fingerprint density at radius 2 is 2.07 bits per heavy atom. The van der Waals surface area contributed by atoms with E-state index >= 15 is 0 Å². The summed E-state index contributed by atoms with van der Waals surface area (Å²) in [6.45, 7) is 9.26. The van der Waals surface area contributed by atoms with Crippen LogP contribution in [0, 0.1) is 5.92 Å². The van der Waals surface area contributed by atoms with Gasteiger partial charge in [-0.3, -0.25) is 4.90 Å². The minimum Gasteiger partial charge on any atom is -0.395 e. The van der Waals surface area contributed by atoms with Gasteiger partial charge in [-0.05, 0) is 25.9 Å². The molecule has 1 rings (SSSR count). The SMILES string of the molecule is CC(C)CCN1CCN(C)C(CO)C1. The second kappa shape index (κ2) is 5.69. The molecule has 84 valence electrons. The molecule has 0 amide bonds. The van der Waals surface area contributed by atoms with Gasteiger partial charge in [-0.2, -0.15) is 0 Å². The Morgan fingerprint density at radius 3 is 2.64 bits per heavy atom. The van der Waals surface area contributed by atoms with Gasteiger partial charge in [-0.15, -0.1) is 0 Å². The first-order chi connectivity index (χ1) is 6.63. The van der Waals surface area contributed by atoms with Crippen LogP contribution in [-0.2, 0) is 0 Å². The van der Waals surface area contributed by atoms with Crippen LogP contribution in [-0.4, -0.2) is 60.8 Å². The summed E-state index contributed by atoms with van der Waals surface area (Å²) < 4.78 is 0. The van der Waals surface area contributed by atoms with Crippen LogP contribution in [0.4, 0.5) is 0 Å². The molecule has 0 aromatic rings. The van der Waals surface area contributed by atoms with Gasteiger partial charge in [0.25, 0.3) is 0 Å². The van der Waals surface area contributed by atoms with E-state index in [4.69, 9.17) is 0 Å². The van der Waals surface area contributed by atoms with Crippen molar-refractivity contribution in [3.63, 3.8) is 0 Å². The van der Waals surface area contributed by atoms with Crippen molar-refractivity contribution in [1.29, 1.82) is 0 Å². The third kappa shape index (κ3) is 3.56. The summed E-state index contributed by atoms with van der Waals surface area (Å²) in [7, 11) is 2.10. The minimum absolute atomic E-state index is 0.286. The molecule has 0 bridgehead atoms. The van der Waals surface area contributed by atoms with Crippen LogP contribution in [0.2, 0.25) is 0 Å². The molecule has 1 saturated heterocycles. The van der Waals surface area contributed by atoms with E-state index in [1.54, 1.807) is 0 Å². The maximum absolute atomic E-state index is 9.19. The maximum Gasteiger partial charge on any atom is 0.0599 e. The summed E-state index contributed by atoms with van der Waals surface area (Å²) in [4.78, 5) is 4.73. The zero-order valence-corrected chi connectivity index (χ0v) is 9.74. The first-order valence-corrected chi connectivity index (χ1v) is 5.67. The van der Waals surface area contributed by atoms with Crippen LogP contribution in [0.3, 0.4) is 0 Å². The Morgan fingerprint density at radius 1 is 1.36 bits per heavy atom. The average Bonchev–Trinajstić information content (AvgIpc) is 2.16. The van der Waals surface area contributed by atoms with Gasteiger partial charge in [-0.25, -0.2) is 0 Å². The number of likely N-dealkylation sites (N-methyl/N-ethyl adjacent to an activating group) is 1. The van der Waals surface area contributed by atoms with Crippen molar-refractivity contribution in [2.75, 3.05) is 39.8 Å². The lowest BCUT2D eigenvalue weighted by atomic mass is 10.1. The lowest BCUT2D eigenvalue weighted by Gasteiger charge is -2.38. The minimum atomic E-state index is 0.286. The highest BCUT2D eigenvalue weighted by Gasteiger charge is 2.22. The highest BCUT2D eigenvalue weighted by atomic mass is 16.3. The Hall–Kier alpha value is -0.120. The van der Waals surface area contributed by atoms with E-state index in [0.29, 0.717) is 6.04 Å². The molecule has 1 heterocycles. The van der Waals surface area contributed by atoms with Crippen molar-refractivity contribution in [1.82, 2.24) is 9.80 Å². The molecule has 0 aromatic heterocycles. The molecule has 0 aromatic carbocycles. The Kier molecular flexibility index (Phi) is 4.85. The van der Waals surface area contributed by atoms with Crippen LogP contribution in [0.25, 0.3) is 0 Å². The molecule has 14 heavy (non-hydrogen) atoms. The van der Waals surface area contributed by atoms with Crippen molar-refractivity contribution < 1.29 is 5.11 Å². The van der Waals surface area contributed by atoms with Gasteiger partial charge in [0.2, 0.25) is 0 Å². The van der Waals surface area contributed by atoms with Gasteiger partial charge in [0.05, 0.1) is 6.61 Å². The van der Waals surface area contributed by atoms with Crippen LogP contribution < -0.4 is 0 Å². The molecular weight excluding hydrogens is 176 g/mol. The Labute approximate surface area is 87.7 Å². The fourth-order valence-corrected chi connectivity index (χ4v) is 1.85. The highest BCUT2D eigenvalue weighted by molar-refractivity contribution is 4.79. The summed E-state index contributed by atoms with van der Waals surface area (Å²) >= 11 is 0. The molecule has 0 radical (unpaired) electrons. The van der Waals surface area contributed by atoms with Crippen LogP contribution in [0.15, 0.2) is 0 Å². The van der Waals surface area contributed by atoms with E-state index in [2.05, 4.69) is 30.7 Å². The second-order valence-electron chi connectivity index (χ2n) is 4.80. The predicted molar refractivity (Wildman–Crippen MR) is 59.4 cm³/mol. The number of nitrogens with zero attached hydrogens (tertiary/aromatic N) is 2. The summed E-state index contributed by atoms with van der Waals surface area (Å²) in [5, 5.41) is 9.19. The predicted octanol–water partition coefficient (Wildman–Crippen LogP) is 0.641. The average molecular weight is 200 g/mol. The number of aliphatic hydroxyl groups excluding tert-OH is 1. The van der Waals surface area contributed by atoms with E-state index in [0.717, 1.165) is 25.6 Å². The highest BCUT2D eigenvalue weighted by Crippen LogP contribution is 2.09. The molecule has 3 nitrogen and oxygen atoms in total. The third-order valence-corrected chi connectivity index (χ3v) is 3.09. The third-order valence-electron chi connectivity index (χ3n) is 3.09. The molecule has 1 atom stereocenters. The first kappa shape index (κ1) is 12.0. The van der Waals surface area contributed by atoms with E-state index in [9.17, 15) is 5.11 Å². The van der Waals surface area contributed by atoms with E-state index < -0.39 is 0 Å². The number of hydrogen-bond donors (Lipinski definition) is 1. The fourth-order valence-electron chi connectivity index (χ4n) is 1.85. The maximum atomic E-state index is 9.19. The topological polar surface area (TPSA) is 26.7 Å². The fraction of sp³-hybridized carbons (Fsp3) is 1.00. The van der Waals surface area contributed by atoms with Crippen molar-refractivity contribution in [2.45, 2.75) is 26.3 Å². The largest absolute Gasteiger partial charge is 0.395 e. The number of hydrogen-bond acceptors (Lipinski definition) is 3. The van der Waals surface area contributed by atoms with Crippen LogP contribution in [0.5, 0.6) is 0 Å². The standard InChI is InChI=1S/C11H24N2O/c1-10(2)4-5-13-7-6-12(3)11(8-13)9-14/h10-11,14H,4-9H2,1-3H3. The zero-order chi connectivity index (χ0) is 10.6. The van der Waals surface area contributed by atoms with Gasteiger partial charge in [0.15, 0.2) is 0 Å². The Bertz CT molecular complexity index is 161. The Balaban J connectivity index is 2.27. The summed E-state index contributed by atoms with van der Waals surface area (Å²) in [5.41, 5.74) is 0. The molecule has 3 heteroatoms. The van der Waals surface area contributed by atoms with Crippen LogP contribution >= 0.6 is 0 Å². The van der Waals surface area contributed by atoms with E-state index in [1.807, 2.05) is 0 Å². The monoisotopic (exact) mass is 200 g/mol. The molecule has 0 spiro atoms. The molecule has 0 aliphatic carbocycles. The van der Waals surface area contributed by atoms with Gasteiger partial charge in [0.1, 0.15) is 0 Å². The lowest BCUT2D eigenvalue weighted by molar-refractivity contribution is 0.0556. The van der Waals surface area contributed by atoms with Crippen molar-refractivity contribution in [3.8, 4) is 0 Å². The number of rotatable bonds is 4. The molecular formula is C11H24N2O. The zero-order valence-electron chi connectivity index (χ0n) is 9.74. The summed E-state index contributed by atoms with van der Waals surface area (Å²) in [5.74, 6) is 0.780. The van der Waals surface area contributed by atoms with Crippen molar-refractivity contribution >= 4 is 0 Å². The molecule has 1 unspecified atom stereocenters. The van der Waals surface area contributed by atoms with Gasteiger partial charge >= 0.3 is 0 Å². The molecule has 1 aliphatic rings. The van der Waals surface area contributed by atoms with Crippen molar-refractivity contribution in [2.24, 2.45) is 5.92 Å². The number of piperazine rings is 1. The number of aliphatic hydroxyl groups is 1. The van der Waals surface area contributed by atoms with E-state index in [-0.39, 0.29) is 6.61 Å².